The van der Waals surface area contributed by atoms with Crippen molar-refractivity contribution in [3.05, 3.63) is 36.2 Å². The van der Waals surface area contributed by atoms with Crippen LogP contribution in [0.4, 0.5) is 0 Å². The van der Waals surface area contributed by atoms with E-state index in [1.165, 1.54) is 0 Å². The molecule has 0 aliphatic carbocycles. The zero-order chi connectivity index (χ0) is 14.7. The molecule has 2 aromatic rings. The summed E-state index contributed by atoms with van der Waals surface area (Å²) in [7, 11) is 3.64. The van der Waals surface area contributed by atoms with E-state index < -0.39 is 0 Å². The number of rotatable bonds is 5. The van der Waals surface area contributed by atoms with Crippen molar-refractivity contribution in [3.63, 3.8) is 0 Å². The molecule has 1 aliphatic heterocycles. The van der Waals surface area contributed by atoms with E-state index in [0.29, 0.717) is 5.25 Å². The number of aryl methyl sites for hydroxylation is 1. The molecule has 1 aromatic carbocycles. The summed E-state index contributed by atoms with van der Waals surface area (Å²) in [6.07, 6.45) is 1.73. The van der Waals surface area contributed by atoms with Crippen molar-refractivity contribution in [1.82, 2.24) is 14.8 Å². The van der Waals surface area contributed by atoms with Crippen molar-refractivity contribution >= 4 is 28.6 Å². The highest BCUT2D eigenvalue weighted by Gasteiger charge is 2.21. The van der Waals surface area contributed by atoms with Gasteiger partial charge in [-0.15, -0.1) is 22.0 Å². The van der Waals surface area contributed by atoms with Gasteiger partial charge in [-0.25, -0.2) is 0 Å². The average molecular weight is 320 g/mol. The summed E-state index contributed by atoms with van der Waals surface area (Å²) in [5, 5.41) is 10.5. The summed E-state index contributed by atoms with van der Waals surface area (Å²) in [5.41, 5.74) is 1.16. The number of nitrogens with zero attached hydrogens (tertiary/aromatic N) is 4. The van der Waals surface area contributed by atoms with E-state index in [2.05, 4.69) is 27.3 Å². The predicted molar refractivity (Wildman–Crippen MR) is 87.5 cm³/mol. The van der Waals surface area contributed by atoms with Crippen LogP contribution in [-0.4, -0.2) is 44.5 Å². The van der Waals surface area contributed by atoms with Crippen molar-refractivity contribution < 1.29 is 4.74 Å². The monoisotopic (exact) mass is 320 g/mol. The first-order valence-corrected chi connectivity index (χ1v) is 8.45. The Morgan fingerprint density at radius 1 is 1.38 bits per heavy atom. The minimum absolute atomic E-state index is 0.490. The molecule has 7 heteroatoms. The smallest absolute Gasteiger partial charge is 0.190 e. The van der Waals surface area contributed by atoms with Crippen LogP contribution in [0.15, 0.2) is 40.7 Å². The molecule has 5 nitrogen and oxygen atoms in total. The van der Waals surface area contributed by atoms with Gasteiger partial charge in [-0.3, -0.25) is 4.99 Å². The van der Waals surface area contributed by atoms with Gasteiger partial charge in [-0.2, -0.15) is 0 Å². The second-order valence-electron chi connectivity index (χ2n) is 4.65. The maximum atomic E-state index is 5.18. The fraction of sp³-hybridized carbons (Fsp3) is 0.357. The fourth-order valence-corrected chi connectivity index (χ4v) is 4.13. The summed E-state index contributed by atoms with van der Waals surface area (Å²) < 4.78 is 7.12. The quantitative estimate of drug-likeness (QED) is 0.792. The molecule has 0 saturated carbocycles. The Hall–Kier alpha value is -1.47. The van der Waals surface area contributed by atoms with E-state index in [1.807, 2.05) is 35.5 Å². The molecule has 1 aromatic heterocycles. The SMILES string of the molecule is COc1ccc(C2=NCC(CSc3nncn3C)S2)cc1. The minimum atomic E-state index is 0.490. The Morgan fingerprint density at radius 3 is 2.86 bits per heavy atom. The second-order valence-corrected chi connectivity index (χ2v) is 6.93. The van der Waals surface area contributed by atoms with Gasteiger partial charge in [0, 0.05) is 23.6 Å². The first-order valence-electron chi connectivity index (χ1n) is 6.58. The Morgan fingerprint density at radius 2 is 2.19 bits per heavy atom. The van der Waals surface area contributed by atoms with Gasteiger partial charge < -0.3 is 9.30 Å². The molecule has 0 N–H and O–H groups in total. The molecule has 0 bridgehead atoms. The molecule has 1 atom stereocenters. The lowest BCUT2D eigenvalue weighted by Gasteiger charge is -2.07. The van der Waals surface area contributed by atoms with Crippen LogP contribution in [0.3, 0.4) is 0 Å². The third-order valence-corrected chi connectivity index (χ3v) is 5.77. The van der Waals surface area contributed by atoms with Crippen LogP contribution in [0, 0.1) is 0 Å². The summed E-state index contributed by atoms with van der Waals surface area (Å²) in [4.78, 5) is 4.65. The first-order chi connectivity index (χ1) is 10.3. The van der Waals surface area contributed by atoms with Crippen LogP contribution in [-0.2, 0) is 7.05 Å². The van der Waals surface area contributed by atoms with Crippen molar-refractivity contribution in [2.24, 2.45) is 12.0 Å². The second kappa shape index (κ2) is 6.53. The summed E-state index contributed by atoms with van der Waals surface area (Å²) in [6.45, 7) is 0.858. The van der Waals surface area contributed by atoms with E-state index in [0.717, 1.165) is 33.8 Å². The molecule has 1 aliphatic rings. The number of thioether (sulfide) groups is 2. The third kappa shape index (κ3) is 3.41. The zero-order valence-corrected chi connectivity index (χ0v) is 13.5. The lowest BCUT2D eigenvalue weighted by Crippen LogP contribution is -2.07. The summed E-state index contributed by atoms with van der Waals surface area (Å²) in [6, 6.07) is 8.06. The van der Waals surface area contributed by atoms with Gasteiger partial charge in [0.05, 0.1) is 18.7 Å². The van der Waals surface area contributed by atoms with E-state index >= 15 is 0 Å². The van der Waals surface area contributed by atoms with Gasteiger partial charge >= 0.3 is 0 Å². The van der Waals surface area contributed by atoms with Crippen LogP contribution in [0.25, 0.3) is 0 Å². The number of benzene rings is 1. The predicted octanol–water partition coefficient (Wildman–Crippen LogP) is 2.48. The van der Waals surface area contributed by atoms with Crippen molar-refractivity contribution in [1.29, 1.82) is 0 Å². The molecule has 0 amide bonds. The van der Waals surface area contributed by atoms with Crippen LogP contribution >= 0.6 is 23.5 Å². The molecular weight excluding hydrogens is 304 g/mol. The third-order valence-electron chi connectivity index (χ3n) is 3.12. The molecule has 21 heavy (non-hydrogen) atoms. The molecule has 1 unspecified atom stereocenters. The molecule has 3 rings (SSSR count). The number of hydrogen-bond donors (Lipinski definition) is 0. The van der Waals surface area contributed by atoms with Gasteiger partial charge in [-0.1, -0.05) is 11.8 Å². The Bertz CT molecular complexity index is 639. The van der Waals surface area contributed by atoms with Crippen molar-refractivity contribution in [3.8, 4) is 5.75 Å². The van der Waals surface area contributed by atoms with Gasteiger partial charge in [0.1, 0.15) is 12.1 Å². The largest absolute Gasteiger partial charge is 0.497 e. The molecular formula is C14H16N4OS2. The topological polar surface area (TPSA) is 52.3 Å². The average Bonchev–Trinajstić information content (AvgIpc) is 3.14. The van der Waals surface area contributed by atoms with E-state index in [1.54, 1.807) is 25.2 Å². The Kier molecular flexibility index (Phi) is 4.50. The fourth-order valence-electron chi connectivity index (χ4n) is 1.97. The van der Waals surface area contributed by atoms with E-state index in [4.69, 9.17) is 4.74 Å². The molecule has 0 spiro atoms. The first kappa shape index (κ1) is 14.5. The van der Waals surface area contributed by atoms with Crippen molar-refractivity contribution in [2.45, 2.75) is 10.4 Å². The molecule has 110 valence electrons. The maximum Gasteiger partial charge on any atom is 0.190 e. The van der Waals surface area contributed by atoms with E-state index in [9.17, 15) is 0 Å². The van der Waals surface area contributed by atoms with Crippen molar-refractivity contribution in [2.75, 3.05) is 19.4 Å². The van der Waals surface area contributed by atoms with Gasteiger partial charge in [0.15, 0.2) is 5.16 Å². The number of aromatic nitrogens is 3. The lowest BCUT2D eigenvalue weighted by molar-refractivity contribution is 0.415. The number of aliphatic imine (C=N–C) groups is 1. The number of hydrogen-bond acceptors (Lipinski definition) is 6. The minimum Gasteiger partial charge on any atom is -0.497 e. The lowest BCUT2D eigenvalue weighted by atomic mass is 10.2. The highest BCUT2D eigenvalue weighted by Crippen LogP contribution is 2.30. The molecule has 2 heterocycles. The zero-order valence-electron chi connectivity index (χ0n) is 11.9. The van der Waals surface area contributed by atoms with Crippen LogP contribution in [0.1, 0.15) is 5.56 Å². The summed E-state index contributed by atoms with van der Waals surface area (Å²) in [5.74, 6) is 1.86. The van der Waals surface area contributed by atoms with E-state index in [-0.39, 0.29) is 0 Å². The Balaban J connectivity index is 1.55. The van der Waals surface area contributed by atoms with Gasteiger partial charge in [0.25, 0.3) is 0 Å². The van der Waals surface area contributed by atoms with Gasteiger partial charge in [-0.05, 0) is 24.3 Å². The highest BCUT2D eigenvalue weighted by atomic mass is 32.2. The van der Waals surface area contributed by atoms with Gasteiger partial charge in [0.2, 0.25) is 0 Å². The molecule has 0 saturated heterocycles. The normalized spacial score (nSPS) is 17.8. The number of ether oxygens (including phenoxy) is 1. The number of methoxy groups -OCH3 is 1. The highest BCUT2D eigenvalue weighted by molar-refractivity contribution is 8.16. The van der Waals surface area contributed by atoms with Crippen LogP contribution in [0.5, 0.6) is 5.75 Å². The Labute approximate surface area is 132 Å². The van der Waals surface area contributed by atoms with Crippen LogP contribution in [0.2, 0.25) is 0 Å². The van der Waals surface area contributed by atoms with Crippen LogP contribution < -0.4 is 4.74 Å². The summed E-state index contributed by atoms with van der Waals surface area (Å²) >= 11 is 3.57. The molecule has 0 radical (unpaired) electrons. The maximum absolute atomic E-state index is 5.18. The molecule has 0 fully saturated rings. The standard InChI is InChI=1S/C14H16N4OS2/c1-18-9-16-17-14(18)20-8-12-7-15-13(21-12)10-3-5-11(19-2)6-4-10/h3-6,9,12H,7-8H2,1-2H3.